The molecule has 0 fully saturated rings. The molecule has 0 radical (unpaired) electrons. The minimum absolute atomic E-state index is 0.0341. The number of benzene rings is 1. The highest BCUT2D eigenvalue weighted by Gasteiger charge is 2.11. The van der Waals surface area contributed by atoms with Crippen molar-refractivity contribution in [1.29, 1.82) is 0 Å². The van der Waals surface area contributed by atoms with Gasteiger partial charge in [0.1, 0.15) is 17.0 Å². The Hall–Kier alpha value is -2.17. The molecule has 2 rings (SSSR count). The van der Waals surface area contributed by atoms with E-state index in [9.17, 15) is 14.8 Å². The zero-order valence-electron chi connectivity index (χ0n) is 9.27. The Bertz CT molecular complexity index is 630. The van der Waals surface area contributed by atoms with Gasteiger partial charge in [0.25, 0.3) is 0 Å². The van der Waals surface area contributed by atoms with Crippen molar-refractivity contribution in [1.82, 2.24) is 0 Å². The van der Waals surface area contributed by atoms with E-state index < -0.39 is 5.63 Å². The van der Waals surface area contributed by atoms with Crippen molar-refractivity contribution in [2.75, 3.05) is 0 Å². The summed E-state index contributed by atoms with van der Waals surface area (Å²) in [5, 5.41) is 13.0. The van der Waals surface area contributed by atoms with Gasteiger partial charge in [-0.05, 0) is 17.2 Å². The van der Waals surface area contributed by atoms with Crippen LogP contribution in [-0.4, -0.2) is 5.11 Å². The lowest BCUT2D eigenvalue weighted by atomic mass is 10.0. The van der Waals surface area contributed by atoms with E-state index in [2.05, 4.69) is 5.18 Å². The maximum atomic E-state index is 11.3. The quantitative estimate of drug-likeness (QED) is 0.652. The first-order chi connectivity index (χ1) is 8.15. The van der Waals surface area contributed by atoms with E-state index in [4.69, 9.17) is 4.42 Å². The van der Waals surface area contributed by atoms with Gasteiger partial charge in [-0.2, -0.15) is 0 Å². The van der Waals surface area contributed by atoms with Gasteiger partial charge in [0.05, 0.1) is 5.39 Å². The summed E-state index contributed by atoms with van der Waals surface area (Å²) in [6, 6.07) is 3.97. The molecule has 1 aromatic carbocycles. The van der Waals surface area contributed by atoms with E-state index in [1.807, 2.05) is 6.92 Å². The van der Waals surface area contributed by atoms with Crippen LogP contribution in [0.4, 0.5) is 5.69 Å². The molecule has 0 unspecified atom stereocenters. The monoisotopic (exact) mass is 233 g/mol. The van der Waals surface area contributed by atoms with Crippen LogP contribution in [0.2, 0.25) is 0 Å². The lowest BCUT2D eigenvalue weighted by Crippen LogP contribution is -2.00. The topological polar surface area (TPSA) is 79.9 Å². The molecule has 0 spiro atoms. The highest BCUT2D eigenvalue weighted by molar-refractivity contribution is 5.89. The first-order valence-corrected chi connectivity index (χ1v) is 5.28. The lowest BCUT2D eigenvalue weighted by molar-refractivity contribution is 0.478. The molecule has 0 aliphatic heterocycles. The normalized spacial score (nSPS) is 10.6. The predicted molar refractivity (Wildman–Crippen MR) is 63.6 cm³/mol. The summed E-state index contributed by atoms with van der Waals surface area (Å²) in [7, 11) is 0. The molecule has 2 aromatic rings. The predicted octanol–water partition coefficient (Wildman–Crippen LogP) is 2.85. The number of fused-ring (bicyclic) bond motifs is 1. The smallest absolute Gasteiger partial charge is 0.336 e. The fraction of sp³-hybridized carbons (Fsp3) is 0.250. The molecule has 0 atom stereocenters. The molecule has 5 heteroatoms. The first-order valence-electron chi connectivity index (χ1n) is 5.28. The van der Waals surface area contributed by atoms with Crippen LogP contribution in [0.15, 0.2) is 32.6 Å². The number of phenolic OH excluding ortho intramolecular Hbond substituents is 1. The average Bonchev–Trinajstić information content (AvgIpc) is 2.27. The zero-order valence-corrected chi connectivity index (χ0v) is 9.27. The van der Waals surface area contributed by atoms with Crippen molar-refractivity contribution in [2.24, 2.45) is 5.18 Å². The summed E-state index contributed by atoms with van der Waals surface area (Å²) in [4.78, 5) is 21.8. The first kappa shape index (κ1) is 11.3. The van der Waals surface area contributed by atoms with E-state index in [-0.39, 0.29) is 17.0 Å². The van der Waals surface area contributed by atoms with Crippen LogP contribution < -0.4 is 5.63 Å². The largest absolute Gasteiger partial charge is 0.507 e. The van der Waals surface area contributed by atoms with Gasteiger partial charge in [0, 0.05) is 18.2 Å². The number of phenols is 1. The number of nitrogens with zero attached hydrogens (tertiary/aromatic N) is 1. The molecule has 0 bridgehead atoms. The fourth-order valence-corrected chi connectivity index (χ4v) is 1.86. The molecule has 0 saturated carbocycles. The van der Waals surface area contributed by atoms with Crippen LogP contribution in [0.5, 0.6) is 5.75 Å². The van der Waals surface area contributed by atoms with Crippen molar-refractivity contribution in [3.63, 3.8) is 0 Å². The van der Waals surface area contributed by atoms with Crippen LogP contribution in [0.3, 0.4) is 0 Å². The molecule has 1 aromatic heterocycles. The molecule has 0 amide bonds. The number of rotatable bonds is 3. The van der Waals surface area contributed by atoms with E-state index in [0.717, 1.165) is 6.42 Å². The highest BCUT2D eigenvalue weighted by Crippen LogP contribution is 2.32. The molecule has 5 nitrogen and oxygen atoms in total. The fourth-order valence-electron chi connectivity index (χ4n) is 1.86. The van der Waals surface area contributed by atoms with Gasteiger partial charge in [-0.25, -0.2) is 4.79 Å². The zero-order chi connectivity index (χ0) is 12.4. The Balaban J connectivity index is 2.83. The third kappa shape index (κ3) is 2.04. The van der Waals surface area contributed by atoms with Crippen molar-refractivity contribution >= 4 is 16.7 Å². The van der Waals surface area contributed by atoms with Gasteiger partial charge in [-0.15, -0.1) is 4.91 Å². The minimum atomic E-state index is -0.497. The second-order valence-corrected chi connectivity index (χ2v) is 3.77. The Kier molecular flexibility index (Phi) is 2.91. The van der Waals surface area contributed by atoms with Crippen LogP contribution in [-0.2, 0) is 6.42 Å². The molecular weight excluding hydrogens is 222 g/mol. The SMILES string of the molecule is CCCc1cc(=O)oc2cc(N=O)cc(O)c12. The van der Waals surface area contributed by atoms with Gasteiger partial charge in [-0.1, -0.05) is 13.3 Å². The van der Waals surface area contributed by atoms with Gasteiger partial charge >= 0.3 is 5.63 Å². The Morgan fingerprint density at radius 3 is 2.76 bits per heavy atom. The van der Waals surface area contributed by atoms with E-state index in [1.54, 1.807) is 0 Å². The molecule has 0 aliphatic carbocycles. The molecule has 17 heavy (non-hydrogen) atoms. The Labute approximate surface area is 96.7 Å². The summed E-state index contributed by atoms with van der Waals surface area (Å²) < 4.78 is 4.96. The Morgan fingerprint density at radius 1 is 1.35 bits per heavy atom. The number of aromatic hydroxyl groups is 1. The molecule has 88 valence electrons. The van der Waals surface area contributed by atoms with Gasteiger partial charge in [-0.3, -0.25) is 0 Å². The number of hydrogen-bond donors (Lipinski definition) is 1. The van der Waals surface area contributed by atoms with Crippen LogP contribution >= 0.6 is 0 Å². The third-order valence-corrected chi connectivity index (χ3v) is 2.51. The standard InChI is InChI=1S/C12H11NO4/c1-2-3-7-4-11(15)17-10-6-8(13-16)5-9(14)12(7)10/h4-6,14H,2-3H2,1H3. The summed E-state index contributed by atoms with van der Waals surface area (Å²) in [6.45, 7) is 1.97. The molecule has 1 heterocycles. The van der Waals surface area contributed by atoms with Gasteiger partial charge < -0.3 is 9.52 Å². The second-order valence-electron chi connectivity index (χ2n) is 3.77. The van der Waals surface area contributed by atoms with Gasteiger partial charge in [0.2, 0.25) is 0 Å². The summed E-state index contributed by atoms with van der Waals surface area (Å²) in [6.07, 6.45) is 1.50. The van der Waals surface area contributed by atoms with Crippen molar-refractivity contribution in [2.45, 2.75) is 19.8 Å². The lowest BCUT2D eigenvalue weighted by Gasteiger charge is -2.06. The van der Waals surface area contributed by atoms with Gasteiger partial charge in [0.15, 0.2) is 0 Å². The van der Waals surface area contributed by atoms with E-state index in [0.29, 0.717) is 17.4 Å². The number of aryl methyl sites for hydroxylation is 1. The molecular formula is C12H11NO4. The summed E-state index contributed by atoms with van der Waals surface area (Å²) in [5.74, 6) is -0.0932. The van der Waals surface area contributed by atoms with Crippen molar-refractivity contribution in [3.05, 3.63) is 39.1 Å². The Morgan fingerprint density at radius 2 is 2.12 bits per heavy atom. The number of nitroso groups, excluding NO2 is 1. The maximum Gasteiger partial charge on any atom is 0.336 e. The third-order valence-electron chi connectivity index (χ3n) is 2.51. The van der Waals surface area contributed by atoms with E-state index in [1.165, 1.54) is 18.2 Å². The molecule has 0 aliphatic rings. The van der Waals surface area contributed by atoms with Crippen LogP contribution in [0.25, 0.3) is 11.0 Å². The van der Waals surface area contributed by atoms with Crippen molar-refractivity contribution in [3.8, 4) is 5.75 Å². The second kappa shape index (κ2) is 4.37. The van der Waals surface area contributed by atoms with Crippen LogP contribution in [0.1, 0.15) is 18.9 Å². The maximum absolute atomic E-state index is 11.3. The summed E-state index contributed by atoms with van der Waals surface area (Å²) in [5.41, 5.74) is 0.444. The molecule has 0 saturated heterocycles. The minimum Gasteiger partial charge on any atom is -0.507 e. The number of hydrogen-bond acceptors (Lipinski definition) is 5. The highest BCUT2D eigenvalue weighted by atomic mass is 16.4. The average molecular weight is 233 g/mol. The van der Waals surface area contributed by atoms with Crippen LogP contribution in [0, 0.1) is 4.91 Å². The molecule has 1 N–H and O–H groups in total. The van der Waals surface area contributed by atoms with E-state index >= 15 is 0 Å². The van der Waals surface area contributed by atoms with Crippen molar-refractivity contribution < 1.29 is 9.52 Å². The summed E-state index contributed by atoms with van der Waals surface area (Å²) >= 11 is 0.